The van der Waals surface area contributed by atoms with Gasteiger partial charge in [-0.2, -0.15) is 5.26 Å². The number of para-hydroxylation sites is 2. The first-order chi connectivity index (χ1) is 12.7. The van der Waals surface area contributed by atoms with Crippen LogP contribution in [0.3, 0.4) is 0 Å². The highest BCUT2D eigenvalue weighted by molar-refractivity contribution is 6.32. The molecule has 0 saturated carbocycles. The molecular weight excluding hydrogens is 350 g/mol. The summed E-state index contributed by atoms with van der Waals surface area (Å²) in [6.07, 6.45) is 1.72. The van der Waals surface area contributed by atoms with Crippen LogP contribution in [0.4, 0.5) is 0 Å². The molecule has 3 rings (SSSR count). The number of halogens is 1. The lowest BCUT2D eigenvalue weighted by Gasteiger charge is -2.13. The van der Waals surface area contributed by atoms with Crippen LogP contribution in [0.15, 0.2) is 36.4 Å². The maximum atomic E-state index is 9.58. The van der Waals surface area contributed by atoms with Crippen LogP contribution >= 0.6 is 11.6 Å². The second kappa shape index (κ2) is 7.94. The standard InChI is InChI=1S/C20H18ClN3O2/c1-3-25-18-11-13(10-15(21)19(18)26-4-2)9-14(12-22)20-23-16-7-5-6-8-17(16)24-20/h5-11H,3-4H2,1-2H3,(H,23,24)/b14-9+. The number of allylic oxidation sites excluding steroid dienone is 1. The summed E-state index contributed by atoms with van der Waals surface area (Å²) in [4.78, 5) is 7.64. The summed E-state index contributed by atoms with van der Waals surface area (Å²) in [7, 11) is 0. The average Bonchev–Trinajstić information content (AvgIpc) is 3.06. The van der Waals surface area contributed by atoms with E-state index in [1.807, 2.05) is 38.1 Å². The normalized spacial score (nSPS) is 11.4. The van der Waals surface area contributed by atoms with E-state index in [0.717, 1.165) is 16.6 Å². The number of fused-ring (bicyclic) bond motifs is 1. The van der Waals surface area contributed by atoms with Crippen LogP contribution < -0.4 is 9.47 Å². The number of hydrogen-bond acceptors (Lipinski definition) is 4. The Hall–Kier alpha value is -2.97. The second-order valence-electron chi connectivity index (χ2n) is 5.47. The average molecular weight is 368 g/mol. The molecule has 0 saturated heterocycles. The molecule has 0 fully saturated rings. The van der Waals surface area contributed by atoms with Gasteiger partial charge in [0.15, 0.2) is 11.5 Å². The SMILES string of the molecule is CCOc1cc(/C=C(\C#N)c2nc3ccccc3[nH]2)cc(Cl)c1OCC. The predicted molar refractivity (Wildman–Crippen MR) is 103 cm³/mol. The Bertz CT molecular complexity index is 969. The quantitative estimate of drug-likeness (QED) is 0.617. The molecule has 0 bridgehead atoms. The Kier molecular flexibility index (Phi) is 5.45. The van der Waals surface area contributed by atoms with E-state index in [1.165, 1.54) is 0 Å². The van der Waals surface area contributed by atoms with Crippen molar-refractivity contribution in [3.8, 4) is 17.6 Å². The van der Waals surface area contributed by atoms with Crippen molar-refractivity contribution in [3.63, 3.8) is 0 Å². The third-order valence-corrected chi connectivity index (χ3v) is 3.98. The number of aromatic amines is 1. The molecule has 0 spiro atoms. The zero-order chi connectivity index (χ0) is 18.5. The van der Waals surface area contributed by atoms with Gasteiger partial charge in [-0.15, -0.1) is 0 Å². The van der Waals surface area contributed by atoms with Crippen LogP contribution in [0.2, 0.25) is 5.02 Å². The molecule has 0 amide bonds. The lowest BCUT2D eigenvalue weighted by molar-refractivity contribution is 0.288. The van der Waals surface area contributed by atoms with Gasteiger partial charge in [-0.25, -0.2) is 4.98 Å². The van der Waals surface area contributed by atoms with Crippen molar-refractivity contribution in [2.24, 2.45) is 0 Å². The highest BCUT2D eigenvalue weighted by Crippen LogP contribution is 2.37. The minimum absolute atomic E-state index is 0.406. The predicted octanol–water partition coefficient (Wildman–Crippen LogP) is 5.08. The fourth-order valence-electron chi connectivity index (χ4n) is 2.62. The monoisotopic (exact) mass is 367 g/mol. The highest BCUT2D eigenvalue weighted by Gasteiger charge is 2.13. The number of nitriles is 1. The van der Waals surface area contributed by atoms with Crippen molar-refractivity contribution >= 4 is 34.3 Å². The number of benzene rings is 2. The Morgan fingerprint density at radius 3 is 2.69 bits per heavy atom. The summed E-state index contributed by atoms with van der Waals surface area (Å²) >= 11 is 6.35. The van der Waals surface area contributed by atoms with Gasteiger partial charge in [-0.05, 0) is 49.8 Å². The number of ether oxygens (including phenoxy) is 2. The number of rotatable bonds is 6. The highest BCUT2D eigenvalue weighted by atomic mass is 35.5. The number of imidazole rings is 1. The molecule has 5 nitrogen and oxygen atoms in total. The summed E-state index contributed by atoms with van der Waals surface area (Å²) in [5.74, 6) is 1.57. The molecule has 6 heteroatoms. The van der Waals surface area contributed by atoms with Crippen LogP contribution in [0, 0.1) is 11.3 Å². The first-order valence-corrected chi connectivity index (χ1v) is 8.70. The molecule has 26 heavy (non-hydrogen) atoms. The van der Waals surface area contributed by atoms with Crippen molar-refractivity contribution in [1.29, 1.82) is 5.26 Å². The van der Waals surface area contributed by atoms with E-state index in [2.05, 4.69) is 16.0 Å². The molecule has 0 radical (unpaired) electrons. The number of nitrogens with one attached hydrogen (secondary N) is 1. The van der Waals surface area contributed by atoms with Crippen molar-refractivity contribution in [1.82, 2.24) is 9.97 Å². The minimum Gasteiger partial charge on any atom is -0.490 e. The van der Waals surface area contributed by atoms with Gasteiger partial charge in [0.1, 0.15) is 11.9 Å². The maximum absolute atomic E-state index is 9.58. The lowest BCUT2D eigenvalue weighted by atomic mass is 10.1. The number of aromatic nitrogens is 2. The second-order valence-corrected chi connectivity index (χ2v) is 5.88. The Labute approximate surface area is 156 Å². The number of hydrogen-bond donors (Lipinski definition) is 1. The Balaban J connectivity index is 2.05. The van der Waals surface area contributed by atoms with Crippen molar-refractivity contribution < 1.29 is 9.47 Å². The maximum Gasteiger partial charge on any atom is 0.179 e. The summed E-state index contributed by atoms with van der Waals surface area (Å²) in [6.45, 7) is 4.74. The van der Waals surface area contributed by atoms with Gasteiger partial charge in [-0.1, -0.05) is 23.7 Å². The van der Waals surface area contributed by atoms with E-state index >= 15 is 0 Å². The third-order valence-electron chi connectivity index (χ3n) is 3.70. The molecule has 3 aromatic rings. The molecule has 2 aromatic carbocycles. The van der Waals surface area contributed by atoms with E-state index in [4.69, 9.17) is 21.1 Å². The van der Waals surface area contributed by atoms with Crippen LogP contribution in [0.25, 0.3) is 22.7 Å². The van der Waals surface area contributed by atoms with Gasteiger partial charge >= 0.3 is 0 Å². The van der Waals surface area contributed by atoms with Gasteiger partial charge in [-0.3, -0.25) is 0 Å². The van der Waals surface area contributed by atoms with Crippen molar-refractivity contribution in [2.45, 2.75) is 13.8 Å². The Morgan fingerprint density at radius 1 is 1.23 bits per heavy atom. The first kappa shape index (κ1) is 17.8. The van der Waals surface area contributed by atoms with E-state index < -0.39 is 0 Å². The zero-order valence-corrected chi connectivity index (χ0v) is 15.3. The largest absolute Gasteiger partial charge is 0.490 e. The van der Waals surface area contributed by atoms with Crippen LogP contribution in [-0.2, 0) is 0 Å². The van der Waals surface area contributed by atoms with E-state index in [0.29, 0.717) is 41.1 Å². The molecule has 1 N–H and O–H groups in total. The van der Waals surface area contributed by atoms with Gasteiger partial charge < -0.3 is 14.5 Å². The van der Waals surface area contributed by atoms with Crippen LogP contribution in [-0.4, -0.2) is 23.2 Å². The van der Waals surface area contributed by atoms with Crippen molar-refractivity contribution in [2.75, 3.05) is 13.2 Å². The molecule has 0 aliphatic rings. The number of H-pyrrole nitrogens is 1. The minimum atomic E-state index is 0.406. The van der Waals surface area contributed by atoms with E-state index in [9.17, 15) is 5.26 Å². The first-order valence-electron chi connectivity index (χ1n) is 8.32. The van der Waals surface area contributed by atoms with Crippen LogP contribution in [0.5, 0.6) is 11.5 Å². The molecule has 1 aromatic heterocycles. The van der Waals surface area contributed by atoms with E-state index in [1.54, 1.807) is 18.2 Å². The third kappa shape index (κ3) is 3.66. The molecular formula is C20H18ClN3O2. The smallest absolute Gasteiger partial charge is 0.179 e. The van der Waals surface area contributed by atoms with Gasteiger partial charge in [0, 0.05) is 0 Å². The van der Waals surface area contributed by atoms with E-state index in [-0.39, 0.29) is 0 Å². The molecule has 132 valence electrons. The summed E-state index contributed by atoms with van der Waals surface area (Å²) in [5, 5.41) is 10.0. The van der Waals surface area contributed by atoms with Crippen molar-refractivity contribution in [3.05, 3.63) is 52.8 Å². The molecule has 0 atom stereocenters. The number of nitrogens with zero attached hydrogens (tertiary/aromatic N) is 2. The lowest BCUT2D eigenvalue weighted by Crippen LogP contribution is -1.99. The Morgan fingerprint density at radius 2 is 2.00 bits per heavy atom. The molecule has 0 aliphatic carbocycles. The topological polar surface area (TPSA) is 70.9 Å². The van der Waals surface area contributed by atoms with Gasteiger partial charge in [0.25, 0.3) is 0 Å². The van der Waals surface area contributed by atoms with Gasteiger partial charge in [0.05, 0.1) is 34.8 Å². The summed E-state index contributed by atoms with van der Waals surface area (Å²) < 4.78 is 11.2. The van der Waals surface area contributed by atoms with Crippen LogP contribution in [0.1, 0.15) is 25.2 Å². The fourth-order valence-corrected chi connectivity index (χ4v) is 2.89. The molecule has 1 heterocycles. The summed E-state index contributed by atoms with van der Waals surface area (Å²) in [5.41, 5.74) is 2.83. The van der Waals surface area contributed by atoms with Gasteiger partial charge in [0.2, 0.25) is 0 Å². The molecule has 0 aliphatic heterocycles. The molecule has 0 unspecified atom stereocenters. The fraction of sp³-hybridized carbons (Fsp3) is 0.200. The summed E-state index contributed by atoms with van der Waals surface area (Å²) in [6, 6.07) is 13.4. The zero-order valence-electron chi connectivity index (χ0n) is 14.5.